The van der Waals surface area contributed by atoms with Crippen molar-refractivity contribution in [2.24, 2.45) is 5.92 Å². The molecule has 0 aromatic heterocycles. The Balaban J connectivity index is 1.87. The van der Waals surface area contributed by atoms with Crippen molar-refractivity contribution >= 4 is 11.9 Å². The van der Waals surface area contributed by atoms with E-state index in [0.717, 1.165) is 31.2 Å². The molecule has 1 saturated carbocycles. The molecule has 0 unspecified atom stereocenters. The van der Waals surface area contributed by atoms with Gasteiger partial charge in [0, 0.05) is 6.54 Å². The van der Waals surface area contributed by atoms with Crippen LogP contribution in [0.5, 0.6) is 0 Å². The molecule has 4 nitrogen and oxygen atoms in total. The maximum atomic E-state index is 12.2. The van der Waals surface area contributed by atoms with E-state index < -0.39 is 0 Å². The second-order valence-electron chi connectivity index (χ2n) is 6.09. The Bertz CT molecular complexity index is 518. The molecule has 2 fully saturated rings. The van der Waals surface area contributed by atoms with Crippen LogP contribution < -0.4 is 5.32 Å². The van der Waals surface area contributed by atoms with Crippen molar-refractivity contribution in [1.29, 1.82) is 5.41 Å². The molecule has 0 radical (unpaired) electrons. The van der Waals surface area contributed by atoms with E-state index in [0.29, 0.717) is 18.3 Å². The quantitative estimate of drug-likeness (QED) is 0.853. The summed E-state index contributed by atoms with van der Waals surface area (Å²) >= 11 is 0. The number of nitrogens with zero attached hydrogens (tertiary/aromatic N) is 1. The first-order valence-corrected chi connectivity index (χ1v) is 7.33. The van der Waals surface area contributed by atoms with E-state index in [1.165, 1.54) is 0 Å². The third kappa shape index (κ3) is 2.09. The first-order chi connectivity index (χ1) is 9.62. The van der Waals surface area contributed by atoms with Crippen LogP contribution in [0, 0.1) is 11.3 Å². The van der Waals surface area contributed by atoms with Gasteiger partial charge in [-0.2, -0.15) is 0 Å². The monoisotopic (exact) mass is 271 g/mol. The zero-order valence-electron chi connectivity index (χ0n) is 11.9. The van der Waals surface area contributed by atoms with Gasteiger partial charge >= 0.3 is 6.03 Å². The summed E-state index contributed by atoms with van der Waals surface area (Å²) in [6.45, 7) is 2.84. The Kier molecular flexibility index (Phi) is 3.24. The van der Waals surface area contributed by atoms with Crippen molar-refractivity contribution in [2.75, 3.05) is 0 Å². The number of carbonyl (C=O) groups excluding carboxylic acids is 1. The Morgan fingerprint density at radius 2 is 1.95 bits per heavy atom. The Morgan fingerprint density at radius 3 is 2.60 bits per heavy atom. The Labute approximate surface area is 119 Å². The highest BCUT2D eigenvalue weighted by molar-refractivity contribution is 6.08. The Morgan fingerprint density at radius 1 is 1.30 bits per heavy atom. The molecule has 2 aliphatic rings. The number of hydrogen-bond acceptors (Lipinski definition) is 2. The van der Waals surface area contributed by atoms with E-state index in [2.05, 4.69) is 12.2 Å². The first kappa shape index (κ1) is 13.2. The maximum absolute atomic E-state index is 12.2. The first-order valence-electron chi connectivity index (χ1n) is 7.33. The van der Waals surface area contributed by atoms with Crippen molar-refractivity contribution in [3.63, 3.8) is 0 Å². The highest BCUT2D eigenvalue weighted by Gasteiger charge is 2.51. The fraction of sp³-hybridized carbons (Fsp3) is 0.500. The van der Waals surface area contributed by atoms with Crippen molar-refractivity contribution in [3.05, 3.63) is 35.9 Å². The maximum Gasteiger partial charge on any atom is 0.323 e. The van der Waals surface area contributed by atoms with Crippen LogP contribution in [0.15, 0.2) is 30.3 Å². The molecule has 2 amide bonds. The summed E-state index contributed by atoms with van der Waals surface area (Å²) in [5.41, 5.74) is 0.731. The number of benzene rings is 1. The van der Waals surface area contributed by atoms with Gasteiger partial charge in [-0.1, -0.05) is 37.3 Å². The van der Waals surface area contributed by atoms with Gasteiger partial charge < -0.3 is 4.90 Å². The summed E-state index contributed by atoms with van der Waals surface area (Å²) < 4.78 is 0. The molecule has 1 saturated heterocycles. The lowest BCUT2D eigenvalue weighted by molar-refractivity contribution is 0.127. The number of carbonyl (C=O) groups is 1. The van der Waals surface area contributed by atoms with Crippen LogP contribution in [0.2, 0.25) is 0 Å². The van der Waals surface area contributed by atoms with E-state index in [-0.39, 0.29) is 11.6 Å². The number of amides is 2. The molecule has 1 spiro atoms. The van der Waals surface area contributed by atoms with E-state index in [1.54, 1.807) is 0 Å². The van der Waals surface area contributed by atoms with Crippen LogP contribution in [0.3, 0.4) is 0 Å². The lowest BCUT2D eigenvalue weighted by atomic mass is 9.76. The molecule has 2 N–H and O–H groups in total. The van der Waals surface area contributed by atoms with E-state index in [4.69, 9.17) is 5.41 Å². The zero-order chi connectivity index (χ0) is 14.2. The second-order valence-corrected chi connectivity index (χ2v) is 6.09. The number of amidine groups is 1. The van der Waals surface area contributed by atoms with Crippen LogP contribution in [0.4, 0.5) is 4.79 Å². The second kappa shape index (κ2) is 4.93. The van der Waals surface area contributed by atoms with Crippen molar-refractivity contribution in [1.82, 2.24) is 10.2 Å². The SMILES string of the molecule is CC1CCC2(CC1)C(=N)NC(=O)N2Cc1ccccc1. The predicted octanol–water partition coefficient (Wildman–Crippen LogP) is 3.14. The molecule has 1 aliphatic carbocycles. The summed E-state index contributed by atoms with van der Waals surface area (Å²) in [5, 5.41) is 10.9. The standard InChI is InChI=1S/C16H21N3O/c1-12-7-9-16(10-8-12)14(17)18-15(20)19(16)11-13-5-3-2-4-6-13/h2-6,12H,7-11H2,1H3,(H2,17,18,20). The average Bonchev–Trinajstić information content (AvgIpc) is 2.68. The third-order valence-corrected chi connectivity index (χ3v) is 4.74. The largest absolute Gasteiger partial charge is 0.323 e. The molecule has 1 aliphatic heterocycles. The van der Waals surface area contributed by atoms with Gasteiger partial charge in [-0.3, -0.25) is 10.7 Å². The van der Waals surface area contributed by atoms with Crippen molar-refractivity contribution in [2.45, 2.75) is 44.7 Å². The predicted molar refractivity (Wildman–Crippen MR) is 78.6 cm³/mol. The van der Waals surface area contributed by atoms with Crippen LogP contribution >= 0.6 is 0 Å². The van der Waals surface area contributed by atoms with Gasteiger partial charge in [0.1, 0.15) is 11.4 Å². The van der Waals surface area contributed by atoms with E-state index >= 15 is 0 Å². The molecule has 1 aromatic rings. The number of nitrogens with one attached hydrogen (secondary N) is 2. The molecule has 3 rings (SSSR count). The topological polar surface area (TPSA) is 56.2 Å². The molecular formula is C16H21N3O. The van der Waals surface area contributed by atoms with Gasteiger partial charge in [0.25, 0.3) is 0 Å². The molecule has 20 heavy (non-hydrogen) atoms. The summed E-state index contributed by atoms with van der Waals surface area (Å²) in [6.07, 6.45) is 3.97. The minimum Gasteiger partial charge on any atom is -0.307 e. The number of rotatable bonds is 2. The normalized spacial score (nSPS) is 29.9. The molecular weight excluding hydrogens is 250 g/mol. The van der Waals surface area contributed by atoms with Crippen LogP contribution in [0.25, 0.3) is 0 Å². The molecule has 0 bridgehead atoms. The van der Waals surface area contributed by atoms with Crippen LogP contribution in [-0.4, -0.2) is 22.3 Å². The van der Waals surface area contributed by atoms with Gasteiger partial charge in [0.2, 0.25) is 0 Å². The minimum absolute atomic E-state index is 0.117. The van der Waals surface area contributed by atoms with Gasteiger partial charge in [0.05, 0.1) is 0 Å². The number of hydrogen-bond donors (Lipinski definition) is 2. The van der Waals surface area contributed by atoms with Gasteiger partial charge in [0.15, 0.2) is 0 Å². The summed E-state index contributed by atoms with van der Waals surface area (Å²) in [4.78, 5) is 14.1. The summed E-state index contributed by atoms with van der Waals surface area (Å²) in [5.74, 6) is 1.09. The smallest absolute Gasteiger partial charge is 0.307 e. The molecule has 1 aromatic carbocycles. The molecule has 0 atom stereocenters. The van der Waals surface area contributed by atoms with Gasteiger partial charge in [-0.25, -0.2) is 4.79 Å². The lowest BCUT2D eigenvalue weighted by Gasteiger charge is -2.41. The molecule has 4 heteroatoms. The fourth-order valence-corrected chi connectivity index (χ4v) is 3.37. The number of urea groups is 1. The Hall–Kier alpha value is -1.84. The molecule has 1 heterocycles. The van der Waals surface area contributed by atoms with Crippen LogP contribution in [0.1, 0.15) is 38.2 Å². The van der Waals surface area contributed by atoms with Crippen molar-refractivity contribution < 1.29 is 4.79 Å². The summed E-state index contributed by atoms with van der Waals surface area (Å²) in [6, 6.07) is 9.92. The third-order valence-electron chi connectivity index (χ3n) is 4.74. The highest BCUT2D eigenvalue weighted by atomic mass is 16.2. The lowest BCUT2D eigenvalue weighted by Crippen LogP contribution is -2.51. The van der Waals surface area contributed by atoms with E-state index in [9.17, 15) is 4.79 Å². The summed E-state index contributed by atoms with van der Waals surface area (Å²) in [7, 11) is 0. The molecule has 106 valence electrons. The fourth-order valence-electron chi connectivity index (χ4n) is 3.37. The van der Waals surface area contributed by atoms with Crippen LogP contribution in [-0.2, 0) is 6.54 Å². The highest BCUT2D eigenvalue weighted by Crippen LogP contribution is 2.40. The minimum atomic E-state index is -0.389. The van der Waals surface area contributed by atoms with Crippen molar-refractivity contribution in [3.8, 4) is 0 Å². The average molecular weight is 271 g/mol. The van der Waals surface area contributed by atoms with Gasteiger partial charge in [-0.05, 0) is 37.2 Å². The zero-order valence-corrected chi connectivity index (χ0v) is 11.9. The van der Waals surface area contributed by atoms with E-state index in [1.807, 2.05) is 35.2 Å². The van der Waals surface area contributed by atoms with Gasteiger partial charge in [-0.15, -0.1) is 0 Å².